The number of aldehydes is 1. The van der Waals surface area contributed by atoms with E-state index in [0.717, 1.165) is 10.8 Å². The van der Waals surface area contributed by atoms with E-state index in [1.165, 1.54) is 11.3 Å². The maximum Gasteiger partial charge on any atom is 0.181 e. The Balaban J connectivity index is 2.18. The number of ether oxygens (including phenoxy) is 1. The molecule has 5 heteroatoms. The van der Waals surface area contributed by atoms with Crippen molar-refractivity contribution in [1.29, 1.82) is 0 Å². The number of carbonyl (C=O) groups is 1. The first-order chi connectivity index (χ1) is 7.28. The van der Waals surface area contributed by atoms with Crippen molar-refractivity contribution in [3.05, 3.63) is 39.9 Å². The van der Waals surface area contributed by atoms with Crippen molar-refractivity contribution < 1.29 is 9.53 Å². The zero-order chi connectivity index (χ0) is 10.7. The average Bonchev–Trinajstić information content (AvgIpc) is 2.65. The third-order valence-electron chi connectivity index (χ3n) is 1.62. The number of carbonyl (C=O) groups excluding carboxylic acids is 1. The summed E-state index contributed by atoms with van der Waals surface area (Å²) in [7, 11) is 0. The minimum Gasteiger partial charge on any atom is -0.445 e. The van der Waals surface area contributed by atoms with Crippen LogP contribution in [-0.4, -0.2) is 11.3 Å². The molecule has 0 amide bonds. The van der Waals surface area contributed by atoms with Gasteiger partial charge in [-0.3, -0.25) is 9.78 Å². The molecule has 0 unspecified atom stereocenters. The molecular formula is C10H6BrNO2S. The van der Waals surface area contributed by atoms with Gasteiger partial charge in [0.2, 0.25) is 0 Å². The quantitative estimate of drug-likeness (QED) is 0.810. The molecule has 0 N–H and O–H groups in total. The summed E-state index contributed by atoms with van der Waals surface area (Å²) in [5.41, 5.74) is 0. The summed E-state index contributed by atoms with van der Waals surface area (Å²) >= 11 is 4.60. The molecule has 0 spiro atoms. The van der Waals surface area contributed by atoms with Crippen LogP contribution in [-0.2, 0) is 0 Å². The van der Waals surface area contributed by atoms with Crippen LogP contribution in [0.2, 0.25) is 0 Å². The van der Waals surface area contributed by atoms with Gasteiger partial charge in [0.25, 0.3) is 0 Å². The highest BCUT2D eigenvalue weighted by atomic mass is 79.9. The van der Waals surface area contributed by atoms with E-state index in [9.17, 15) is 4.79 Å². The second-order valence-electron chi connectivity index (χ2n) is 2.72. The van der Waals surface area contributed by atoms with Gasteiger partial charge in [0.15, 0.2) is 11.3 Å². The van der Waals surface area contributed by atoms with E-state index in [1.54, 1.807) is 24.5 Å². The van der Waals surface area contributed by atoms with Crippen molar-refractivity contribution in [3.63, 3.8) is 0 Å². The number of hydrogen-bond donors (Lipinski definition) is 0. The third-order valence-corrected chi connectivity index (χ3v) is 2.94. The zero-order valence-electron chi connectivity index (χ0n) is 7.51. The van der Waals surface area contributed by atoms with E-state index in [-0.39, 0.29) is 0 Å². The maximum absolute atomic E-state index is 10.5. The van der Waals surface area contributed by atoms with E-state index in [1.807, 2.05) is 6.07 Å². The lowest BCUT2D eigenvalue weighted by molar-refractivity contribution is 0.112. The first-order valence-corrected chi connectivity index (χ1v) is 5.72. The van der Waals surface area contributed by atoms with Crippen molar-refractivity contribution >= 4 is 33.6 Å². The highest BCUT2D eigenvalue weighted by Gasteiger charge is 2.02. The van der Waals surface area contributed by atoms with Gasteiger partial charge in [-0.1, -0.05) is 11.3 Å². The summed E-state index contributed by atoms with van der Waals surface area (Å²) in [5.74, 6) is 0.642. The Morgan fingerprint density at radius 2 is 2.27 bits per heavy atom. The van der Waals surface area contributed by atoms with Gasteiger partial charge in [0.1, 0.15) is 5.75 Å². The van der Waals surface area contributed by atoms with Crippen molar-refractivity contribution in [2.75, 3.05) is 0 Å². The van der Waals surface area contributed by atoms with E-state index < -0.39 is 0 Å². The molecule has 0 saturated carbocycles. The van der Waals surface area contributed by atoms with Gasteiger partial charge in [0, 0.05) is 10.7 Å². The number of thiophene rings is 1. The number of nitrogens with zero attached hydrogens (tertiary/aromatic N) is 1. The van der Waals surface area contributed by atoms with Gasteiger partial charge in [-0.25, -0.2) is 0 Å². The largest absolute Gasteiger partial charge is 0.445 e. The van der Waals surface area contributed by atoms with Crippen LogP contribution >= 0.6 is 27.3 Å². The summed E-state index contributed by atoms with van der Waals surface area (Å²) in [6, 6.07) is 5.29. The normalized spacial score (nSPS) is 9.93. The Morgan fingerprint density at radius 3 is 2.93 bits per heavy atom. The molecule has 0 bridgehead atoms. The average molecular weight is 284 g/mol. The monoisotopic (exact) mass is 283 g/mol. The van der Waals surface area contributed by atoms with Crippen LogP contribution in [0.3, 0.4) is 0 Å². The Labute approximate surface area is 98.9 Å². The fraction of sp³-hybridized carbons (Fsp3) is 0. The molecule has 0 aliphatic heterocycles. The fourth-order valence-electron chi connectivity index (χ4n) is 1.02. The van der Waals surface area contributed by atoms with Crippen LogP contribution in [0, 0.1) is 0 Å². The fourth-order valence-corrected chi connectivity index (χ4v) is 2.05. The van der Waals surface area contributed by atoms with Gasteiger partial charge in [0.05, 0.1) is 11.1 Å². The highest BCUT2D eigenvalue weighted by molar-refractivity contribution is 9.10. The molecule has 0 saturated heterocycles. The van der Waals surface area contributed by atoms with Crippen molar-refractivity contribution in [1.82, 2.24) is 4.98 Å². The van der Waals surface area contributed by atoms with Crippen LogP contribution in [0.25, 0.3) is 0 Å². The molecule has 0 aromatic carbocycles. The van der Waals surface area contributed by atoms with E-state index in [4.69, 9.17) is 4.74 Å². The van der Waals surface area contributed by atoms with Gasteiger partial charge in [-0.15, -0.1) is 0 Å². The minimum atomic E-state index is 0.642. The summed E-state index contributed by atoms with van der Waals surface area (Å²) < 4.78 is 6.36. The standard InChI is InChI=1S/C10H6BrNO2S/c11-7-3-8(5-12-4-7)14-10-2-1-9(6-13)15-10/h1-6H. The molecule has 2 aromatic heterocycles. The van der Waals surface area contributed by atoms with Gasteiger partial charge in [-0.05, 0) is 34.1 Å². The minimum absolute atomic E-state index is 0.642. The van der Waals surface area contributed by atoms with Gasteiger partial charge >= 0.3 is 0 Å². The SMILES string of the molecule is O=Cc1ccc(Oc2cncc(Br)c2)s1. The molecule has 0 fully saturated rings. The zero-order valence-corrected chi connectivity index (χ0v) is 9.92. The third kappa shape index (κ3) is 2.64. The summed E-state index contributed by atoms with van der Waals surface area (Å²) in [4.78, 5) is 15.1. The Kier molecular flexibility index (Phi) is 3.13. The smallest absolute Gasteiger partial charge is 0.181 e. The maximum atomic E-state index is 10.5. The molecule has 0 aliphatic carbocycles. The number of hydrogen-bond acceptors (Lipinski definition) is 4. The number of pyridine rings is 1. The van der Waals surface area contributed by atoms with E-state index >= 15 is 0 Å². The lowest BCUT2D eigenvalue weighted by atomic mass is 10.5. The van der Waals surface area contributed by atoms with Crippen molar-refractivity contribution in [2.24, 2.45) is 0 Å². The molecule has 2 heterocycles. The van der Waals surface area contributed by atoms with Crippen LogP contribution in [0.5, 0.6) is 10.8 Å². The molecule has 0 aliphatic rings. The van der Waals surface area contributed by atoms with Crippen LogP contribution in [0.15, 0.2) is 35.1 Å². The van der Waals surface area contributed by atoms with Gasteiger partial charge in [-0.2, -0.15) is 0 Å². The summed E-state index contributed by atoms with van der Waals surface area (Å²) in [6.07, 6.45) is 4.10. The van der Waals surface area contributed by atoms with Crippen LogP contribution in [0.1, 0.15) is 9.67 Å². The molecule has 0 atom stereocenters. The van der Waals surface area contributed by atoms with Crippen LogP contribution < -0.4 is 4.74 Å². The van der Waals surface area contributed by atoms with Crippen molar-refractivity contribution in [2.45, 2.75) is 0 Å². The first kappa shape index (κ1) is 10.3. The molecule has 2 rings (SSSR count). The Bertz CT molecular complexity index is 484. The van der Waals surface area contributed by atoms with E-state index in [2.05, 4.69) is 20.9 Å². The Morgan fingerprint density at radius 1 is 1.40 bits per heavy atom. The van der Waals surface area contributed by atoms with E-state index in [0.29, 0.717) is 15.7 Å². The molecule has 3 nitrogen and oxygen atoms in total. The molecular weight excluding hydrogens is 278 g/mol. The Hall–Kier alpha value is -1.20. The predicted octanol–water partition coefficient (Wildman–Crippen LogP) is 3.51. The number of aromatic nitrogens is 1. The number of rotatable bonds is 3. The highest BCUT2D eigenvalue weighted by Crippen LogP contribution is 2.29. The molecule has 15 heavy (non-hydrogen) atoms. The molecule has 2 aromatic rings. The lowest BCUT2D eigenvalue weighted by Gasteiger charge is -2.01. The topological polar surface area (TPSA) is 39.2 Å². The predicted molar refractivity (Wildman–Crippen MR) is 61.7 cm³/mol. The van der Waals surface area contributed by atoms with Crippen LogP contribution in [0.4, 0.5) is 0 Å². The molecule has 76 valence electrons. The first-order valence-electron chi connectivity index (χ1n) is 4.11. The van der Waals surface area contributed by atoms with Crippen molar-refractivity contribution in [3.8, 4) is 10.8 Å². The second-order valence-corrected chi connectivity index (χ2v) is 4.71. The lowest BCUT2D eigenvalue weighted by Crippen LogP contribution is -1.81. The number of halogens is 1. The summed E-state index contributed by atoms with van der Waals surface area (Å²) in [5, 5.41) is 0.678. The van der Waals surface area contributed by atoms with Gasteiger partial charge < -0.3 is 4.74 Å². The summed E-state index contributed by atoms with van der Waals surface area (Å²) in [6.45, 7) is 0. The second kappa shape index (κ2) is 4.55. The molecule has 0 radical (unpaired) electrons.